The molecule has 1 fully saturated rings. The summed E-state index contributed by atoms with van der Waals surface area (Å²) in [5, 5.41) is 12.6. The summed E-state index contributed by atoms with van der Waals surface area (Å²) in [6.07, 6.45) is -3.33. The van der Waals surface area contributed by atoms with Crippen LogP contribution < -0.4 is 5.32 Å². The average Bonchev–Trinajstić information content (AvgIpc) is 2.86. The second-order valence-corrected chi connectivity index (χ2v) is 6.82. The van der Waals surface area contributed by atoms with Gasteiger partial charge in [0.2, 0.25) is 5.91 Å². The third kappa shape index (κ3) is 6.02. The molecule has 0 aromatic heterocycles. The maximum Gasteiger partial charge on any atom is 0.303 e. The van der Waals surface area contributed by atoms with Crippen molar-refractivity contribution in [2.75, 3.05) is 6.61 Å². The van der Waals surface area contributed by atoms with E-state index in [1.807, 2.05) is 6.07 Å². The van der Waals surface area contributed by atoms with Gasteiger partial charge in [-0.3, -0.25) is 19.2 Å². The number of hydrogen-bond donors (Lipinski definition) is 2. The van der Waals surface area contributed by atoms with E-state index in [1.165, 1.54) is 13.8 Å². The number of aliphatic hydroxyl groups is 1. The van der Waals surface area contributed by atoms with Crippen molar-refractivity contribution in [3.05, 3.63) is 35.9 Å². The Morgan fingerprint density at radius 1 is 0.862 bits per heavy atom. The van der Waals surface area contributed by atoms with Crippen LogP contribution in [0.1, 0.15) is 26.3 Å². The Morgan fingerprint density at radius 2 is 1.38 bits per heavy atom. The van der Waals surface area contributed by atoms with Gasteiger partial charge < -0.3 is 24.6 Å². The van der Waals surface area contributed by atoms with Crippen molar-refractivity contribution >= 4 is 23.8 Å². The molecule has 1 saturated carbocycles. The highest BCUT2D eigenvalue weighted by atomic mass is 16.6. The molecule has 9 heteroatoms. The number of rotatable bonds is 7. The summed E-state index contributed by atoms with van der Waals surface area (Å²) < 4.78 is 15.8. The van der Waals surface area contributed by atoms with Gasteiger partial charge in [0.05, 0.1) is 19.1 Å². The minimum atomic E-state index is -1.17. The van der Waals surface area contributed by atoms with Crippen LogP contribution in [-0.4, -0.2) is 59.9 Å². The van der Waals surface area contributed by atoms with Gasteiger partial charge in [-0.2, -0.15) is 0 Å². The van der Waals surface area contributed by atoms with Gasteiger partial charge in [0, 0.05) is 26.7 Å². The minimum absolute atomic E-state index is 0.0543. The van der Waals surface area contributed by atoms with E-state index < -0.39 is 54.8 Å². The molecule has 1 aliphatic rings. The molecule has 2 N–H and O–H groups in total. The number of nitrogens with one attached hydrogen (secondary N) is 1. The molecule has 0 radical (unpaired) electrons. The summed E-state index contributed by atoms with van der Waals surface area (Å²) in [5.74, 6) is -3.25. The smallest absolute Gasteiger partial charge is 0.303 e. The normalized spacial score (nSPS) is 25.7. The van der Waals surface area contributed by atoms with E-state index in [4.69, 9.17) is 14.2 Å². The number of aliphatic hydroxyl groups excluding tert-OH is 1. The quantitative estimate of drug-likeness (QED) is 0.482. The number of carbonyl (C=O) groups excluding carboxylic acids is 4. The second kappa shape index (κ2) is 10.0. The molecule has 1 amide bonds. The molecule has 0 heterocycles. The van der Waals surface area contributed by atoms with E-state index in [2.05, 4.69) is 5.32 Å². The predicted molar refractivity (Wildman–Crippen MR) is 99.3 cm³/mol. The van der Waals surface area contributed by atoms with Crippen molar-refractivity contribution in [1.82, 2.24) is 5.32 Å². The molecule has 1 aromatic rings. The fourth-order valence-corrected chi connectivity index (χ4v) is 3.51. The van der Waals surface area contributed by atoms with Crippen LogP contribution in [0.5, 0.6) is 0 Å². The third-order valence-corrected chi connectivity index (χ3v) is 4.54. The largest absolute Gasteiger partial charge is 0.458 e. The summed E-state index contributed by atoms with van der Waals surface area (Å²) in [4.78, 5) is 47.3. The SMILES string of the molecule is CC(=O)O[C@H]1[C@H](OC(C)=O)[C@@H](CO)[C@H](NC(=O)Cc2ccccc2)[C@@H]1OC(C)=O. The monoisotopic (exact) mass is 407 g/mol. The van der Waals surface area contributed by atoms with Crippen LogP contribution in [0.4, 0.5) is 0 Å². The van der Waals surface area contributed by atoms with Crippen LogP contribution in [0, 0.1) is 5.92 Å². The summed E-state index contributed by atoms with van der Waals surface area (Å²) in [7, 11) is 0. The molecule has 0 aliphatic heterocycles. The summed E-state index contributed by atoms with van der Waals surface area (Å²) >= 11 is 0. The van der Waals surface area contributed by atoms with E-state index in [-0.39, 0.29) is 12.3 Å². The van der Waals surface area contributed by atoms with Gasteiger partial charge in [0.25, 0.3) is 0 Å². The lowest BCUT2D eigenvalue weighted by atomic mass is 10.0. The molecule has 2 rings (SSSR count). The van der Waals surface area contributed by atoms with Gasteiger partial charge in [-0.15, -0.1) is 0 Å². The highest BCUT2D eigenvalue weighted by molar-refractivity contribution is 5.79. The number of benzene rings is 1. The van der Waals surface area contributed by atoms with Crippen molar-refractivity contribution < 1.29 is 38.5 Å². The van der Waals surface area contributed by atoms with Crippen LogP contribution in [0.25, 0.3) is 0 Å². The van der Waals surface area contributed by atoms with E-state index >= 15 is 0 Å². The van der Waals surface area contributed by atoms with E-state index in [0.29, 0.717) is 0 Å². The Morgan fingerprint density at radius 3 is 1.90 bits per heavy atom. The number of ether oxygens (including phenoxy) is 3. The number of carbonyl (C=O) groups is 4. The zero-order chi connectivity index (χ0) is 21.6. The van der Waals surface area contributed by atoms with Gasteiger partial charge in [-0.25, -0.2) is 0 Å². The first-order valence-electron chi connectivity index (χ1n) is 9.18. The maximum atomic E-state index is 12.6. The number of hydrogen-bond acceptors (Lipinski definition) is 8. The van der Waals surface area contributed by atoms with Crippen molar-refractivity contribution in [3.8, 4) is 0 Å². The molecule has 29 heavy (non-hydrogen) atoms. The first kappa shape index (κ1) is 22.4. The maximum absolute atomic E-state index is 12.6. The molecule has 1 aliphatic carbocycles. The number of amides is 1. The summed E-state index contributed by atoms with van der Waals surface area (Å²) in [6, 6.07) is 8.06. The molecule has 5 atom stereocenters. The molecule has 158 valence electrons. The van der Waals surface area contributed by atoms with Gasteiger partial charge >= 0.3 is 17.9 Å². The minimum Gasteiger partial charge on any atom is -0.458 e. The topological polar surface area (TPSA) is 128 Å². The van der Waals surface area contributed by atoms with Crippen LogP contribution in [0.2, 0.25) is 0 Å². The van der Waals surface area contributed by atoms with Crippen LogP contribution in [-0.2, 0) is 39.8 Å². The molecular formula is C20H25NO8. The highest BCUT2D eigenvalue weighted by Gasteiger charge is 2.56. The zero-order valence-corrected chi connectivity index (χ0v) is 16.5. The first-order chi connectivity index (χ1) is 13.7. The standard InChI is InChI=1S/C20H25NO8/c1-11(23)27-18-15(10-22)17(19(28-12(2)24)20(18)29-13(3)25)21-16(26)9-14-7-5-4-6-8-14/h4-8,15,17-20,22H,9-10H2,1-3H3,(H,21,26)/t15-,17-,18+,19-,20-/m0/s1. The van der Waals surface area contributed by atoms with Crippen molar-refractivity contribution in [2.24, 2.45) is 5.92 Å². The lowest BCUT2D eigenvalue weighted by molar-refractivity contribution is -0.176. The first-order valence-corrected chi connectivity index (χ1v) is 9.18. The molecule has 0 bridgehead atoms. The Kier molecular flexibility index (Phi) is 7.72. The highest BCUT2D eigenvalue weighted by Crippen LogP contribution is 2.34. The van der Waals surface area contributed by atoms with Crippen LogP contribution in [0.3, 0.4) is 0 Å². The number of esters is 3. The molecule has 0 saturated heterocycles. The second-order valence-electron chi connectivity index (χ2n) is 6.82. The molecule has 1 aromatic carbocycles. The Hall–Kier alpha value is -2.94. The zero-order valence-electron chi connectivity index (χ0n) is 16.5. The average molecular weight is 407 g/mol. The van der Waals surface area contributed by atoms with Crippen molar-refractivity contribution in [2.45, 2.75) is 51.5 Å². The Balaban J connectivity index is 2.30. The fraction of sp³-hybridized carbons (Fsp3) is 0.500. The van der Waals surface area contributed by atoms with Crippen molar-refractivity contribution in [3.63, 3.8) is 0 Å². The van der Waals surface area contributed by atoms with Crippen molar-refractivity contribution in [1.29, 1.82) is 0 Å². The van der Waals surface area contributed by atoms with Gasteiger partial charge in [-0.05, 0) is 5.56 Å². The Labute approximate surface area is 168 Å². The van der Waals surface area contributed by atoms with E-state index in [0.717, 1.165) is 12.5 Å². The van der Waals surface area contributed by atoms with E-state index in [9.17, 15) is 24.3 Å². The predicted octanol–water partition coefficient (Wildman–Crippen LogP) is 0.131. The molecule has 0 unspecified atom stereocenters. The van der Waals surface area contributed by atoms with Gasteiger partial charge in [0.15, 0.2) is 12.2 Å². The van der Waals surface area contributed by atoms with Crippen LogP contribution in [0.15, 0.2) is 30.3 Å². The third-order valence-electron chi connectivity index (χ3n) is 4.54. The molecular weight excluding hydrogens is 382 g/mol. The molecule has 9 nitrogen and oxygen atoms in total. The summed E-state index contributed by atoms with van der Waals surface area (Å²) in [6.45, 7) is 3.00. The van der Waals surface area contributed by atoms with E-state index in [1.54, 1.807) is 24.3 Å². The fourth-order valence-electron chi connectivity index (χ4n) is 3.51. The van der Waals surface area contributed by atoms with Gasteiger partial charge in [-0.1, -0.05) is 30.3 Å². The molecule has 0 spiro atoms. The lowest BCUT2D eigenvalue weighted by Gasteiger charge is -2.26. The lowest BCUT2D eigenvalue weighted by Crippen LogP contribution is -2.49. The van der Waals surface area contributed by atoms with Crippen LogP contribution >= 0.6 is 0 Å². The Bertz CT molecular complexity index is 750. The summed E-state index contributed by atoms with van der Waals surface area (Å²) in [5.41, 5.74) is 0.764. The van der Waals surface area contributed by atoms with Gasteiger partial charge in [0.1, 0.15) is 6.10 Å².